The molecule has 0 aliphatic carbocycles. The van der Waals surface area contributed by atoms with Crippen LogP contribution in [0.1, 0.15) is 22.7 Å². The lowest BCUT2D eigenvalue weighted by Crippen LogP contribution is -2.13. The molecule has 0 amide bonds. The topological polar surface area (TPSA) is 74.7 Å². The van der Waals surface area contributed by atoms with Crippen LogP contribution in [0.4, 0.5) is 0 Å². The second-order valence-corrected chi connectivity index (χ2v) is 4.72. The van der Waals surface area contributed by atoms with Crippen LogP contribution in [-0.4, -0.2) is 9.97 Å². The molecule has 2 aromatic carbocycles. The average molecular weight is 253 g/mol. The number of hydrogen-bond donors (Lipinski definition) is 3. The number of nitrogens with two attached hydrogens (primary N) is 1. The van der Waals surface area contributed by atoms with Crippen molar-refractivity contribution in [1.82, 2.24) is 9.97 Å². The van der Waals surface area contributed by atoms with Gasteiger partial charge in [0.05, 0.1) is 17.1 Å². The first-order chi connectivity index (χ1) is 9.15. The normalized spacial score (nSPS) is 12.7. The lowest BCUT2D eigenvalue weighted by atomic mass is 9.95. The van der Waals surface area contributed by atoms with E-state index in [2.05, 4.69) is 9.97 Å². The third kappa shape index (κ3) is 2.06. The van der Waals surface area contributed by atoms with Crippen LogP contribution >= 0.6 is 0 Å². The molecule has 0 aliphatic rings. The van der Waals surface area contributed by atoms with Crippen LogP contribution in [0.5, 0.6) is 0 Å². The van der Waals surface area contributed by atoms with Crippen molar-refractivity contribution in [3.05, 3.63) is 69.6 Å². The maximum atomic E-state index is 11.3. The highest BCUT2D eigenvalue weighted by Gasteiger charge is 2.13. The number of benzene rings is 2. The molecule has 0 aliphatic heterocycles. The summed E-state index contributed by atoms with van der Waals surface area (Å²) in [5.41, 5.74) is 10.9. The Bertz CT molecular complexity index is 771. The van der Waals surface area contributed by atoms with E-state index in [1.165, 1.54) is 0 Å². The van der Waals surface area contributed by atoms with Gasteiger partial charge in [0, 0.05) is 0 Å². The van der Waals surface area contributed by atoms with Crippen molar-refractivity contribution in [2.45, 2.75) is 13.0 Å². The van der Waals surface area contributed by atoms with Gasteiger partial charge in [-0.15, -0.1) is 0 Å². The van der Waals surface area contributed by atoms with E-state index in [9.17, 15) is 4.79 Å². The Morgan fingerprint density at radius 3 is 2.37 bits per heavy atom. The molecule has 1 atom stereocenters. The molecular weight excluding hydrogens is 238 g/mol. The number of fused-ring (bicyclic) bond motifs is 1. The highest BCUT2D eigenvalue weighted by Crippen LogP contribution is 2.25. The summed E-state index contributed by atoms with van der Waals surface area (Å²) in [6.45, 7) is 2.00. The molecule has 0 bridgehead atoms. The van der Waals surface area contributed by atoms with Gasteiger partial charge in [-0.25, -0.2) is 4.79 Å². The molecule has 0 fully saturated rings. The summed E-state index contributed by atoms with van der Waals surface area (Å²) >= 11 is 0. The van der Waals surface area contributed by atoms with Gasteiger partial charge in [0.25, 0.3) is 0 Å². The molecule has 1 aromatic heterocycles. The number of aromatic nitrogens is 2. The van der Waals surface area contributed by atoms with E-state index < -0.39 is 0 Å². The fraction of sp³-hybridized carbons (Fsp3) is 0.133. The predicted molar refractivity (Wildman–Crippen MR) is 76.1 cm³/mol. The summed E-state index contributed by atoms with van der Waals surface area (Å²) in [6.07, 6.45) is 0. The molecule has 3 aromatic rings. The Morgan fingerprint density at radius 2 is 1.68 bits per heavy atom. The minimum Gasteiger partial charge on any atom is -0.320 e. The summed E-state index contributed by atoms with van der Waals surface area (Å²) in [5, 5.41) is 0. The molecule has 4 heteroatoms. The average Bonchev–Trinajstić information content (AvgIpc) is 2.77. The van der Waals surface area contributed by atoms with Gasteiger partial charge >= 0.3 is 5.69 Å². The maximum Gasteiger partial charge on any atom is 0.323 e. The number of hydrogen-bond acceptors (Lipinski definition) is 2. The third-order valence-corrected chi connectivity index (χ3v) is 3.40. The van der Waals surface area contributed by atoms with Gasteiger partial charge in [-0.1, -0.05) is 30.3 Å². The molecular formula is C15H15N3O. The highest BCUT2D eigenvalue weighted by atomic mass is 16.1. The minimum absolute atomic E-state index is 0.191. The van der Waals surface area contributed by atoms with E-state index in [4.69, 9.17) is 5.73 Å². The first-order valence-electron chi connectivity index (χ1n) is 6.18. The SMILES string of the molecule is Cc1cc2[nH]c(=O)[nH]c2cc1C(N)c1ccccc1. The van der Waals surface area contributed by atoms with E-state index in [1.807, 2.05) is 49.4 Å². The molecule has 3 rings (SSSR count). The van der Waals surface area contributed by atoms with Crippen molar-refractivity contribution >= 4 is 11.0 Å². The van der Waals surface area contributed by atoms with E-state index in [1.54, 1.807) is 0 Å². The van der Waals surface area contributed by atoms with Gasteiger partial charge in [-0.3, -0.25) is 0 Å². The Labute approximate surface area is 110 Å². The predicted octanol–water partition coefficient (Wildman–Crippen LogP) is 2.21. The van der Waals surface area contributed by atoms with Gasteiger partial charge in [0.2, 0.25) is 0 Å². The largest absolute Gasteiger partial charge is 0.323 e. The van der Waals surface area contributed by atoms with Crippen LogP contribution < -0.4 is 11.4 Å². The second kappa shape index (κ2) is 4.40. The number of rotatable bonds is 2. The lowest BCUT2D eigenvalue weighted by Gasteiger charge is -2.15. The van der Waals surface area contributed by atoms with E-state index in [0.29, 0.717) is 0 Å². The number of imidazole rings is 1. The zero-order valence-electron chi connectivity index (χ0n) is 10.6. The highest BCUT2D eigenvalue weighted by molar-refractivity contribution is 5.76. The summed E-state index contributed by atoms with van der Waals surface area (Å²) in [5.74, 6) is 0. The fourth-order valence-electron chi connectivity index (χ4n) is 2.38. The number of nitrogens with one attached hydrogen (secondary N) is 2. The standard InChI is InChI=1S/C15H15N3O/c1-9-7-12-13(18-15(19)17-12)8-11(9)14(16)10-5-3-2-4-6-10/h2-8,14H,16H2,1H3,(H2,17,18,19). The number of aromatic amines is 2. The van der Waals surface area contributed by atoms with Crippen LogP contribution in [0.3, 0.4) is 0 Å². The van der Waals surface area contributed by atoms with E-state index in [-0.39, 0.29) is 11.7 Å². The van der Waals surface area contributed by atoms with Crippen molar-refractivity contribution in [3.8, 4) is 0 Å². The van der Waals surface area contributed by atoms with Gasteiger partial charge in [-0.05, 0) is 35.7 Å². The monoisotopic (exact) mass is 253 g/mol. The fourth-order valence-corrected chi connectivity index (χ4v) is 2.38. The molecule has 4 nitrogen and oxygen atoms in total. The summed E-state index contributed by atoms with van der Waals surface area (Å²) in [6, 6.07) is 13.6. The Kier molecular flexibility index (Phi) is 2.72. The van der Waals surface area contributed by atoms with Gasteiger partial charge in [0.15, 0.2) is 0 Å². The molecule has 96 valence electrons. The first-order valence-corrected chi connectivity index (χ1v) is 6.18. The molecule has 0 spiro atoms. The molecule has 19 heavy (non-hydrogen) atoms. The molecule has 0 saturated carbocycles. The molecule has 0 saturated heterocycles. The molecule has 1 heterocycles. The number of H-pyrrole nitrogens is 2. The van der Waals surface area contributed by atoms with Crippen molar-refractivity contribution < 1.29 is 0 Å². The van der Waals surface area contributed by atoms with Crippen LogP contribution in [0.2, 0.25) is 0 Å². The zero-order valence-corrected chi connectivity index (χ0v) is 10.6. The summed E-state index contributed by atoms with van der Waals surface area (Å²) < 4.78 is 0. The van der Waals surface area contributed by atoms with Crippen molar-refractivity contribution in [2.24, 2.45) is 5.73 Å². The molecule has 4 N–H and O–H groups in total. The van der Waals surface area contributed by atoms with Crippen LogP contribution in [0, 0.1) is 6.92 Å². The zero-order chi connectivity index (χ0) is 13.4. The maximum absolute atomic E-state index is 11.3. The van der Waals surface area contributed by atoms with Gasteiger partial charge in [0.1, 0.15) is 0 Å². The Morgan fingerprint density at radius 1 is 1.05 bits per heavy atom. The quantitative estimate of drug-likeness (QED) is 0.655. The third-order valence-electron chi connectivity index (χ3n) is 3.40. The van der Waals surface area contributed by atoms with Crippen molar-refractivity contribution in [2.75, 3.05) is 0 Å². The van der Waals surface area contributed by atoms with E-state index in [0.717, 1.165) is 27.7 Å². The first kappa shape index (κ1) is 11.7. The Balaban J connectivity index is 2.14. The second-order valence-electron chi connectivity index (χ2n) is 4.72. The molecule has 1 unspecified atom stereocenters. The molecule has 0 radical (unpaired) electrons. The summed E-state index contributed by atoms with van der Waals surface area (Å²) in [7, 11) is 0. The van der Waals surface area contributed by atoms with Crippen molar-refractivity contribution in [3.63, 3.8) is 0 Å². The van der Waals surface area contributed by atoms with Crippen LogP contribution in [-0.2, 0) is 0 Å². The lowest BCUT2D eigenvalue weighted by molar-refractivity contribution is 0.863. The summed E-state index contributed by atoms with van der Waals surface area (Å²) in [4.78, 5) is 16.8. The number of aryl methyl sites for hydroxylation is 1. The minimum atomic E-state index is -0.195. The van der Waals surface area contributed by atoms with Crippen LogP contribution in [0.15, 0.2) is 47.3 Å². The van der Waals surface area contributed by atoms with E-state index >= 15 is 0 Å². The van der Waals surface area contributed by atoms with Gasteiger partial charge < -0.3 is 15.7 Å². The Hall–Kier alpha value is -2.33. The van der Waals surface area contributed by atoms with Gasteiger partial charge in [-0.2, -0.15) is 0 Å². The van der Waals surface area contributed by atoms with Crippen LogP contribution in [0.25, 0.3) is 11.0 Å². The smallest absolute Gasteiger partial charge is 0.320 e. The van der Waals surface area contributed by atoms with Crippen molar-refractivity contribution in [1.29, 1.82) is 0 Å².